The first-order chi connectivity index (χ1) is 12.6. The van der Waals surface area contributed by atoms with Gasteiger partial charge in [-0.3, -0.25) is 5.43 Å². The van der Waals surface area contributed by atoms with E-state index in [2.05, 4.69) is 52.5 Å². The van der Waals surface area contributed by atoms with Crippen molar-refractivity contribution in [3.63, 3.8) is 0 Å². The highest BCUT2D eigenvalue weighted by Gasteiger charge is 2.18. The highest BCUT2D eigenvalue weighted by atomic mass is 32.1. The zero-order valence-corrected chi connectivity index (χ0v) is 16.2. The van der Waals surface area contributed by atoms with Crippen molar-refractivity contribution < 1.29 is 4.74 Å². The summed E-state index contributed by atoms with van der Waals surface area (Å²) < 4.78 is 8.07. The quantitative estimate of drug-likeness (QED) is 0.465. The Morgan fingerprint density at radius 2 is 2.15 bits per heavy atom. The van der Waals surface area contributed by atoms with Gasteiger partial charge in [0, 0.05) is 36.6 Å². The molecule has 1 saturated heterocycles. The van der Waals surface area contributed by atoms with Crippen LogP contribution in [0.1, 0.15) is 35.4 Å². The van der Waals surface area contributed by atoms with Crippen molar-refractivity contribution in [2.45, 2.75) is 45.9 Å². The van der Waals surface area contributed by atoms with Crippen LogP contribution in [0.15, 0.2) is 41.5 Å². The first kappa shape index (κ1) is 18.6. The molecule has 1 fully saturated rings. The molecule has 2 aromatic rings. The fourth-order valence-electron chi connectivity index (χ4n) is 3.21. The van der Waals surface area contributed by atoms with E-state index in [-0.39, 0.29) is 0 Å². The number of hydrazone groups is 1. The number of thiocarbonyl (C=S) groups is 1. The number of ether oxygens (including phenoxy) is 1. The van der Waals surface area contributed by atoms with Crippen LogP contribution in [0.25, 0.3) is 0 Å². The second-order valence-corrected chi connectivity index (χ2v) is 7.02. The molecule has 0 amide bonds. The van der Waals surface area contributed by atoms with Crippen LogP contribution in [-0.4, -0.2) is 28.6 Å². The van der Waals surface area contributed by atoms with E-state index in [4.69, 9.17) is 17.0 Å². The lowest BCUT2D eigenvalue weighted by atomic mass is 10.2. The first-order valence-corrected chi connectivity index (χ1v) is 9.43. The Balaban J connectivity index is 1.52. The number of rotatable bonds is 6. The molecule has 1 atom stereocenters. The third kappa shape index (κ3) is 4.93. The van der Waals surface area contributed by atoms with E-state index in [1.165, 1.54) is 17.0 Å². The molecule has 1 aliphatic rings. The molecular formula is C20H26N4OS. The average molecular weight is 371 g/mol. The average Bonchev–Trinajstić information content (AvgIpc) is 3.25. The van der Waals surface area contributed by atoms with Crippen LogP contribution in [0.4, 0.5) is 0 Å². The summed E-state index contributed by atoms with van der Waals surface area (Å²) in [5.41, 5.74) is 7.59. The minimum atomic E-state index is 0.331. The van der Waals surface area contributed by atoms with Gasteiger partial charge in [-0.15, -0.1) is 0 Å². The minimum Gasteiger partial charge on any atom is -0.376 e. The molecule has 0 bridgehead atoms. The van der Waals surface area contributed by atoms with Crippen LogP contribution in [-0.2, 0) is 17.8 Å². The molecule has 0 spiro atoms. The summed E-state index contributed by atoms with van der Waals surface area (Å²) in [7, 11) is 0. The second-order valence-electron chi connectivity index (χ2n) is 6.61. The van der Waals surface area contributed by atoms with Crippen LogP contribution >= 0.6 is 12.2 Å². The Kier molecular flexibility index (Phi) is 6.41. The molecule has 0 unspecified atom stereocenters. The number of nitrogens with zero attached hydrogens (tertiary/aromatic N) is 2. The smallest absolute Gasteiger partial charge is 0.187 e. The van der Waals surface area contributed by atoms with Gasteiger partial charge in [-0.25, -0.2) is 0 Å². The first-order valence-electron chi connectivity index (χ1n) is 9.02. The van der Waals surface area contributed by atoms with Gasteiger partial charge in [0.05, 0.1) is 12.3 Å². The second kappa shape index (κ2) is 8.96. The van der Waals surface area contributed by atoms with Gasteiger partial charge in [0.2, 0.25) is 0 Å². The van der Waals surface area contributed by atoms with E-state index in [0.29, 0.717) is 17.8 Å². The summed E-state index contributed by atoms with van der Waals surface area (Å²) in [5.74, 6) is 0. The van der Waals surface area contributed by atoms with E-state index >= 15 is 0 Å². The number of aromatic nitrogens is 1. The molecule has 5 nitrogen and oxygen atoms in total. The molecule has 1 aliphatic heterocycles. The molecule has 2 N–H and O–H groups in total. The van der Waals surface area contributed by atoms with Gasteiger partial charge < -0.3 is 14.6 Å². The van der Waals surface area contributed by atoms with Gasteiger partial charge in [-0.05, 0) is 50.5 Å². The van der Waals surface area contributed by atoms with Crippen LogP contribution in [0.3, 0.4) is 0 Å². The van der Waals surface area contributed by atoms with Crippen LogP contribution in [0.2, 0.25) is 0 Å². The topological polar surface area (TPSA) is 50.6 Å². The maximum absolute atomic E-state index is 5.76. The molecule has 2 heterocycles. The summed E-state index contributed by atoms with van der Waals surface area (Å²) in [5, 5.41) is 7.94. The molecule has 1 aromatic heterocycles. The van der Waals surface area contributed by atoms with E-state index in [9.17, 15) is 0 Å². The summed E-state index contributed by atoms with van der Waals surface area (Å²) >= 11 is 5.27. The van der Waals surface area contributed by atoms with Gasteiger partial charge in [0.1, 0.15) is 0 Å². The van der Waals surface area contributed by atoms with Gasteiger partial charge in [0.15, 0.2) is 5.11 Å². The lowest BCUT2D eigenvalue weighted by Crippen LogP contribution is -2.31. The summed E-state index contributed by atoms with van der Waals surface area (Å²) in [6.45, 7) is 6.72. The van der Waals surface area contributed by atoms with Crippen LogP contribution in [0.5, 0.6) is 0 Å². The van der Waals surface area contributed by atoms with Crippen LogP contribution < -0.4 is 10.7 Å². The number of benzene rings is 1. The Morgan fingerprint density at radius 3 is 2.88 bits per heavy atom. The Morgan fingerprint density at radius 1 is 1.35 bits per heavy atom. The maximum Gasteiger partial charge on any atom is 0.187 e. The van der Waals surface area contributed by atoms with Crippen molar-refractivity contribution in [1.82, 2.24) is 15.3 Å². The fourth-order valence-corrected chi connectivity index (χ4v) is 3.33. The molecular weight excluding hydrogens is 344 g/mol. The molecule has 138 valence electrons. The van der Waals surface area contributed by atoms with Gasteiger partial charge in [-0.1, -0.05) is 30.3 Å². The van der Waals surface area contributed by atoms with Crippen molar-refractivity contribution in [2.75, 3.05) is 6.61 Å². The third-order valence-electron chi connectivity index (χ3n) is 4.69. The predicted molar refractivity (Wildman–Crippen MR) is 109 cm³/mol. The van der Waals surface area contributed by atoms with E-state index in [1.807, 2.05) is 24.4 Å². The van der Waals surface area contributed by atoms with Crippen molar-refractivity contribution in [2.24, 2.45) is 5.10 Å². The molecule has 1 aromatic carbocycles. The van der Waals surface area contributed by atoms with Gasteiger partial charge in [0.25, 0.3) is 0 Å². The van der Waals surface area contributed by atoms with E-state index in [0.717, 1.165) is 31.6 Å². The highest BCUT2D eigenvalue weighted by molar-refractivity contribution is 7.80. The largest absolute Gasteiger partial charge is 0.376 e. The number of aryl methyl sites for hydroxylation is 1. The normalized spacial score (nSPS) is 16.9. The maximum atomic E-state index is 5.76. The van der Waals surface area contributed by atoms with Gasteiger partial charge in [-0.2, -0.15) is 5.10 Å². The van der Waals surface area contributed by atoms with Gasteiger partial charge >= 0.3 is 0 Å². The predicted octanol–water partition coefficient (Wildman–Crippen LogP) is 3.28. The molecule has 6 heteroatoms. The summed E-state index contributed by atoms with van der Waals surface area (Å²) in [6, 6.07) is 12.3. The highest BCUT2D eigenvalue weighted by Crippen LogP contribution is 2.19. The number of hydrogen-bond donors (Lipinski definition) is 2. The Bertz CT molecular complexity index is 764. The SMILES string of the molecule is Cc1cc(/C=N\NC(=S)NCc2ccccc2)c(C)n1C[C@H]1CCCO1. The molecule has 3 rings (SSSR count). The lowest BCUT2D eigenvalue weighted by Gasteiger charge is -2.14. The fraction of sp³-hybridized carbons (Fsp3) is 0.400. The Labute approximate surface area is 160 Å². The monoisotopic (exact) mass is 370 g/mol. The van der Waals surface area contributed by atoms with Crippen molar-refractivity contribution in [3.05, 3.63) is 58.9 Å². The molecule has 0 aliphatic carbocycles. The third-order valence-corrected chi connectivity index (χ3v) is 4.92. The zero-order valence-electron chi connectivity index (χ0n) is 15.4. The summed E-state index contributed by atoms with van der Waals surface area (Å²) in [6.07, 6.45) is 4.46. The molecule has 26 heavy (non-hydrogen) atoms. The number of nitrogens with one attached hydrogen (secondary N) is 2. The van der Waals surface area contributed by atoms with E-state index < -0.39 is 0 Å². The van der Waals surface area contributed by atoms with Crippen molar-refractivity contribution in [1.29, 1.82) is 0 Å². The number of hydrogen-bond acceptors (Lipinski definition) is 3. The summed E-state index contributed by atoms with van der Waals surface area (Å²) in [4.78, 5) is 0. The molecule has 0 saturated carbocycles. The minimum absolute atomic E-state index is 0.331. The Hall–Kier alpha value is -2.18. The lowest BCUT2D eigenvalue weighted by molar-refractivity contribution is 0.0962. The standard InChI is InChI=1S/C20H26N4OS/c1-15-11-18(16(2)24(15)14-19-9-6-10-25-19)13-22-23-20(26)21-12-17-7-4-3-5-8-17/h3-5,7-8,11,13,19H,6,9-10,12,14H2,1-2H3,(H2,21,23,26)/b22-13-/t19-/m1/s1. The zero-order chi connectivity index (χ0) is 18.4. The molecule has 0 radical (unpaired) electrons. The van der Waals surface area contributed by atoms with E-state index in [1.54, 1.807) is 0 Å². The van der Waals surface area contributed by atoms with Crippen molar-refractivity contribution in [3.8, 4) is 0 Å². The van der Waals surface area contributed by atoms with Crippen LogP contribution in [0, 0.1) is 13.8 Å². The van der Waals surface area contributed by atoms with Crippen molar-refractivity contribution >= 4 is 23.5 Å².